The molecule has 5 rings (SSSR count). The Morgan fingerprint density at radius 3 is 2.43 bits per heavy atom. The molecule has 3 heterocycles. The summed E-state index contributed by atoms with van der Waals surface area (Å²) < 4.78 is 5.09. The van der Waals surface area contributed by atoms with Gasteiger partial charge in [0.15, 0.2) is 0 Å². The Morgan fingerprint density at radius 2 is 1.52 bits per heavy atom. The molecule has 0 aliphatic carbocycles. The van der Waals surface area contributed by atoms with E-state index in [2.05, 4.69) is 41.4 Å². The highest BCUT2D eigenvalue weighted by molar-refractivity contribution is 7.37. The van der Waals surface area contributed by atoms with Gasteiger partial charge in [0, 0.05) is 20.9 Å². The van der Waals surface area contributed by atoms with Crippen LogP contribution in [-0.4, -0.2) is 4.98 Å². The monoisotopic (exact) mass is 325 g/mol. The topological polar surface area (TPSA) is 12.9 Å². The van der Waals surface area contributed by atoms with Gasteiger partial charge in [-0.1, -0.05) is 48.0 Å². The molecule has 0 saturated heterocycles. The van der Waals surface area contributed by atoms with Crippen molar-refractivity contribution in [3.05, 3.63) is 53.7 Å². The lowest BCUT2D eigenvalue weighted by Crippen LogP contribution is -1.80. The number of pyridine rings is 1. The predicted octanol–water partition coefficient (Wildman–Crippen LogP) is 6.47. The second-order valence-electron chi connectivity index (χ2n) is 4.98. The van der Waals surface area contributed by atoms with Gasteiger partial charge in [-0.15, -0.1) is 22.7 Å². The number of halogens is 1. The van der Waals surface area contributed by atoms with Crippen LogP contribution in [0.2, 0.25) is 5.15 Å². The van der Waals surface area contributed by atoms with Crippen LogP contribution in [0, 0.1) is 0 Å². The quantitative estimate of drug-likeness (QED) is 0.297. The molecular weight excluding hydrogens is 318 g/mol. The zero-order valence-corrected chi connectivity index (χ0v) is 13.1. The molecule has 0 N–H and O–H groups in total. The SMILES string of the molecule is Clc1nc2ccccc2c2c1sc1c3ccccc3sc12. The number of aromatic nitrogens is 1. The van der Waals surface area contributed by atoms with Crippen molar-refractivity contribution < 1.29 is 0 Å². The zero-order valence-electron chi connectivity index (χ0n) is 10.8. The molecular formula is C17H8ClNS2. The van der Waals surface area contributed by atoms with Crippen LogP contribution in [0.1, 0.15) is 0 Å². The van der Waals surface area contributed by atoms with Gasteiger partial charge >= 0.3 is 0 Å². The second kappa shape index (κ2) is 4.17. The molecule has 5 aromatic rings. The summed E-state index contributed by atoms with van der Waals surface area (Å²) in [4.78, 5) is 4.54. The van der Waals surface area contributed by atoms with Crippen LogP contribution in [0.15, 0.2) is 48.5 Å². The fourth-order valence-corrected chi connectivity index (χ4v) is 5.85. The van der Waals surface area contributed by atoms with Crippen LogP contribution >= 0.6 is 34.3 Å². The largest absolute Gasteiger partial charge is 0.235 e. The van der Waals surface area contributed by atoms with E-state index in [1.54, 1.807) is 11.3 Å². The van der Waals surface area contributed by atoms with Crippen molar-refractivity contribution in [3.63, 3.8) is 0 Å². The normalized spacial score (nSPS) is 12.0. The summed E-state index contributed by atoms with van der Waals surface area (Å²) >= 11 is 10.0. The maximum absolute atomic E-state index is 6.42. The minimum atomic E-state index is 0.612. The van der Waals surface area contributed by atoms with Gasteiger partial charge in [-0.2, -0.15) is 0 Å². The van der Waals surface area contributed by atoms with E-state index >= 15 is 0 Å². The maximum atomic E-state index is 6.42. The molecule has 0 spiro atoms. The Kier molecular flexibility index (Phi) is 2.37. The van der Waals surface area contributed by atoms with Gasteiger partial charge in [0.1, 0.15) is 5.15 Å². The molecule has 4 heteroatoms. The van der Waals surface area contributed by atoms with Crippen molar-refractivity contribution in [3.8, 4) is 0 Å². The average Bonchev–Trinajstić information content (AvgIpc) is 3.04. The van der Waals surface area contributed by atoms with Crippen molar-refractivity contribution in [2.75, 3.05) is 0 Å². The molecule has 0 bridgehead atoms. The first-order valence-corrected chi connectivity index (χ1v) is 8.62. The molecule has 0 aliphatic heterocycles. The van der Waals surface area contributed by atoms with E-state index in [4.69, 9.17) is 11.6 Å². The number of rotatable bonds is 0. The summed E-state index contributed by atoms with van der Waals surface area (Å²) in [5.41, 5.74) is 0.965. The number of hydrogen-bond acceptors (Lipinski definition) is 3. The van der Waals surface area contributed by atoms with Crippen LogP contribution in [0.25, 0.3) is 40.5 Å². The highest BCUT2D eigenvalue weighted by Crippen LogP contribution is 2.47. The second-order valence-corrected chi connectivity index (χ2v) is 7.41. The number of fused-ring (bicyclic) bond motifs is 7. The Morgan fingerprint density at radius 1 is 0.762 bits per heavy atom. The van der Waals surface area contributed by atoms with E-state index < -0.39 is 0 Å². The van der Waals surface area contributed by atoms with E-state index in [1.165, 1.54) is 30.3 Å². The van der Waals surface area contributed by atoms with Crippen molar-refractivity contribution in [1.29, 1.82) is 0 Å². The van der Waals surface area contributed by atoms with Gasteiger partial charge in [0.05, 0.1) is 19.6 Å². The predicted molar refractivity (Wildman–Crippen MR) is 95.0 cm³/mol. The first kappa shape index (κ1) is 11.9. The summed E-state index contributed by atoms with van der Waals surface area (Å²) in [5.74, 6) is 0. The number of nitrogens with zero attached hydrogens (tertiary/aromatic N) is 1. The third-order valence-electron chi connectivity index (χ3n) is 3.79. The van der Waals surface area contributed by atoms with E-state index in [1.807, 2.05) is 23.5 Å². The summed E-state index contributed by atoms with van der Waals surface area (Å²) in [6.07, 6.45) is 0. The molecule has 3 aromatic heterocycles. The summed E-state index contributed by atoms with van der Waals surface area (Å²) in [7, 11) is 0. The molecule has 1 nitrogen and oxygen atoms in total. The molecule has 2 aromatic carbocycles. The van der Waals surface area contributed by atoms with Crippen LogP contribution in [0.5, 0.6) is 0 Å². The highest BCUT2D eigenvalue weighted by Gasteiger charge is 2.16. The number of thiophene rings is 2. The third-order valence-corrected chi connectivity index (χ3v) is 6.72. The van der Waals surface area contributed by atoms with Crippen molar-refractivity contribution in [2.45, 2.75) is 0 Å². The standard InChI is InChI=1S/C17H8ClNS2/c18-17-16-13(9-5-1-3-7-11(9)19-17)15-14(21-16)10-6-2-4-8-12(10)20-15/h1-8H. The van der Waals surface area contributed by atoms with Crippen LogP contribution < -0.4 is 0 Å². The van der Waals surface area contributed by atoms with Gasteiger partial charge < -0.3 is 0 Å². The Hall–Kier alpha value is -1.68. The lowest BCUT2D eigenvalue weighted by molar-refractivity contribution is 1.45. The molecule has 0 atom stereocenters. The lowest BCUT2D eigenvalue weighted by atomic mass is 10.1. The number of benzene rings is 2. The Labute approximate surface area is 133 Å². The van der Waals surface area contributed by atoms with Crippen LogP contribution in [0.3, 0.4) is 0 Å². The van der Waals surface area contributed by atoms with Crippen LogP contribution in [-0.2, 0) is 0 Å². The van der Waals surface area contributed by atoms with Crippen molar-refractivity contribution >= 4 is 74.7 Å². The number of para-hydroxylation sites is 1. The van der Waals surface area contributed by atoms with Gasteiger partial charge in [-0.05, 0) is 12.1 Å². The summed E-state index contributed by atoms with van der Waals surface area (Å²) in [6.45, 7) is 0. The van der Waals surface area contributed by atoms with Gasteiger partial charge in [0.25, 0.3) is 0 Å². The first-order valence-electron chi connectivity index (χ1n) is 6.61. The Bertz CT molecular complexity index is 1150. The zero-order chi connectivity index (χ0) is 14.0. The number of hydrogen-bond donors (Lipinski definition) is 0. The first-order chi connectivity index (χ1) is 10.3. The average molecular weight is 326 g/mol. The maximum Gasteiger partial charge on any atom is 0.147 e. The van der Waals surface area contributed by atoms with Gasteiger partial charge in [-0.25, -0.2) is 4.98 Å². The molecule has 100 valence electrons. The van der Waals surface area contributed by atoms with E-state index in [0.717, 1.165) is 10.2 Å². The third kappa shape index (κ3) is 1.54. The molecule has 0 unspecified atom stereocenters. The van der Waals surface area contributed by atoms with E-state index in [9.17, 15) is 0 Å². The molecule has 0 saturated carbocycles. The lowest BCUT2D eigenvalue weighted by Gasteiger charge is -2.00. The molecule has 21 heavy (non-hydrogen) atoms. The Balaban J connectivity index is 2.15. The van der Waals surface area contributed by atoms with E-state index in [0.29, 0.717) is 5.15 Å². The highest BCUT2D eigenvalue weighted by atomic mass is 35.5. The molecule has 0 radical (unpaired) electrons. The molecule has 0 amide bonds. The van der Waals surface area contributed by atoms with Crippen molar-refractivity contribution in [1.82, 2.24) is 4.98 Å². The fraction of sp³-hybridized carbons (Fsp3) is 0. The summed E-state index contributed by atoms with van der Waals surface area (Å²) in [6, 6.07) is 16.8. The van der Waals surface area contributed by atoms with Crippen LogP contribution in [0.4, 0.5) is 0 Å². The minimum Gasteiger partial charge on any atom is -0.235 e. The van der Waals surface area contributed by atoms with E-state index in [-0.39, 0.29) is 0 Å². The minimum absolute atomic E-state index is 0.612. The fourth-order valence-electron chi connectivity index (χ4n) is 2.87. The smallest absolute Gasteiger partial charge is 0.147 e. The summed E-state index contributed by atoms with van der Waals surface area (Å²) in [5, 5.41) is 4.38. The van der Waals surface area contributed by atoms with Crippen molar-refractivity contribution in [2.24, 2.45) is 0 Å². The van der Waals surface area contributed by atoms with Gasteiger partial charge in [-0.3, -0.25) is 0 Å². The van der Waals surface area contributed by atoms with Gasteiger partial charge in [0.2, 0.25) is 0 Å². The molecule has 0 fully saturated rings. The molecule has 0 aliphatic rings.